The van der Waals surface area contributed by atoms with Gasteiger partial charge in [-0.2, -0.15) is 0 Å². The first-order valence-electron chi connectivity index (χ1n) is 12.8. The molecule has 2 aromatic carbocycles. The van der Waals surface area contributed by atoms with E-state index in [0.29, 0.717) is 47.1 Å². The smallest absolute Gasteiger partial charge is 0.259 e. The second kappa shape index (κ2) is 9.21. The average Bonchev–Trinajstić information content (AvgIpc) is 3.65. The Morgan fingerprint density at radius 1 is 1.16 bits per heavy atom. The lowest BCUT2D eigenvalue weighted by atomic mass is 10.1. The highest BCUT2D eigenvalue weighted by Gasteiger charge is 2.32. The number of amides is 1. The Kier molecular flexibility index (Phi) is 5.96. The van der Waals surface area contributed by atoms with Crippen LogP contribution in [0, 0.1) is 5.92 Å². The van der Waals surface area contributed by atoms with Gasteiger partial charge in [0.25, 0.3) is 5.91 Å². The number of rotatable bonds is 6. The molecule has 10 heteroatoms. The zero-order valence-electron chi connectivity index (χ0n) is 21.4. The van der Waals surface area contributed by atoms with Crippen molar-refractivity contribution in [1.29, 1.82) is 0 Å². The summed E-state index contributed by atoms with van der Waals surface area (Å²) in [6.45, 7) is 6.40. The molecule has 2 aliphatic heterocycles. The molecule has 0 radical (unpaired) electrons. The standard InChI is InChI=1S/C28H30N6O3S/c1-17(2)38(36,37)22-6-3-19(4-7-22)24-13-30-27-26(32-24)25(14-31-27)34-16-20-11-21(5-8-23(20)28(34)35)33-10-9-18(12-29)15-33/h3-8,11,13-14,17-18H,9-10,12,15-16,29H2,1-2H3,(H,30,31)/t18-/m1/s1. The molecule has 2 aromatic heterocycles. The summed E-state index contributed by atoms with van der Waals surface area (Å²) in [6, 6.07) is 12.7. The molecule has 4 heterocycles. The summed E-state index contributed by atoms with van der Waals surface area (Å²) in [7, 11) is -3.36. The highest BCUT2D eigenvalue weighted by molar-refractivity contribution is 7.92. The van der Waals surface area contributed by atoms with E-state index in [1.165, 1.54) is 0 Å². The number of sulfone groups is 1. The number of anilines is 2. The van der Waals surface area contributed by atoms with Gasteiger partial charge in [-0.15, -0.1) is 0 Å². The first kappa shape index (κ1) is 24.6. The van der Waals surface area contributed by atoms with Gasteiger partial charge in [0.15, 0.2) is 15.5 Å². The summed E-state index contributed by atoms with van der Waals surface area (Å²) in [5, 5.41) is -0.497. The van der Waals surface area contributed by atoms with Gasteiger partial charge < -0.3 is 20.5 Å². The van der Waals surface area contributed by atoms with E-state index in [9.17, 15) is 13.2 Å². The molecule has 6 rings (SSSR count). The van der Waals surface area contributed by atoms with Crippen molar-refractivity contribution in [3.63, 3.8) is 0 Å². The predicted octanol–water partition coefficient (Wildman–Crippen LogP) is 3.75. The minimum atomic E-state index is -3.36. The van der Waals surface area contributed by atoms with Crippen LogP contribution in [0.4, 0.5) is 11.4 Å². The Morgan fingerprint density at radius 3 is 2.66 bits per heavy atom. The molecule has 0 bridgehead atoms. The summed E-state index contributed by atoms with van der Waals surface area (Å²) < 4.78 is 25.0. The Hall–Kier alpha value is -3.76. The lowest BCUT2D eigenvalue weighted by Crippen LogP contribution is -2.22. The first-order valence-corrected chi connectivity index (χ1v) is 14.4. The number of carbonyl (C=O) groups excluding carboxylic acids is 1. The topological polar surface area (TPSA) is 125 Å². The van der Waals surface area contributed by atoms with Crippen LogP contribution in [0.25, 0.3) is 22.4 Å². The Morgan fingerprint density at radius 2 is 1.95 bits per heavy atom. The summed E-state index contributed by atoms with van der Waals surface area (Å²) in [5.74, 6) is 0.445. The quantitative estimate of drug-likeness (QED) is 0.389. The molecule has 9 nitrogen and oxygen atoms in total. The summed E-state index contributed by atoms with van der Waals surface area (Å²) >= 11 is 0. The van der Waals surface area contributed by atoms with Gasteiger partial charge in [0.05, 0.1) is 34.3 Å². The number of H-pyrrole nitrogens is 1. The Labute approximate surface area is 221 Å². The Bertz CT molecular complexity index is 1650. The van der Waals surface area contributed by atoms with Crippen LogP contribution in [-0.2, 0) is 16.4 Å². The van der Waals surface area contributed by atoms with Crippen LogP contribution in [0.2, 0.25) is 0 Å². The number of benzene rings is 2. The molecule has 0 aliphatic carbocycles. The van der Waals surface area contributed by atoms with E-state index >= 15 is 0 Å². The van der Waals surface area contributed by atoms with Gasteiger partial charge in [-0.25, -0.2) is 18.4 Å². The van der Waals surface area contributed by atoms with Crippen molar-refractivity contribution >= 4 is 38.3 Å². The van der Waals surface area contributed by atoms with Crippen molar-refractivity contribution < 1.29 is 13.2 Å². The van der Waals surface area contributed by atoms with Crippen LogP contribution in [0.1, 0.15) is 36.2 Å². The highest BCUT2D eigenvalue weighted by Crippen LogP contribution is 2.35. The van der Waals surface area contributed by atoms with Crippen LogP contribution in [0.3, 0.4) is 0 Å². The SMILES string of the molecule is CC(C)S(=O)(=O)c1ccc(-c2cnc3[nH]cc(N4Cc5cc(N6CC[C@H](CN)C6)ccc5C4=O)c3n2)cc1. The van der Waals surface area contributed by atoms with E-state index < -0.39 is 15.1 Å². The van der Waals surface area contributed by atoms with Gasteiger partial charge >= 0.3 is 0 Å². The molecule has 1 fully saturated rings. The first-order chi connectivity index (χ1) is 18.3. The molecule has 1 atom stereocenters. The second-order valence-electron chi connectivity index (χ2n) is 10.3. The number of hydrogen-bond donors (Lipinski definition) is 2. The number of fused-ring (bicyclic) bond motifs is 2. The lowest BCUT2D eigenvalue weighted by molar-refractivity contribution is 0.0997. The normalized spacial score (nSPS) is 17.7. The average molecular weight is 531 g/mol. The van der Waals surface area contributed by atoms with Crippen molar-refractivity contribution in [2.45, 2.75) is 37.0 Å². The number of nitrogens with one attached hydrogen (secondary N) is 1. The molecule has 3 N–H and O–H groups in total. The molecule has 1 saturated heterocycles. The van der Waals surface area contributed by atoms with Crippen molar-refractivity contribution in [3.8, 4) is 11.3 Å². The van der Waals surface area contributed by atoms with Crippen LogP contribution in [-0.4, -0.2) is 54.2 Å². The third-order valence-corrected chi connectivity index (χ3v) is 9.80. The zero-order valence-corrected chi connectivity index (χ0v) is 22.2. The molecule has 38 heavy (non-hydrogen) atoms. The molecule has 4 aromatic rings. The van der Waals surface area contributed by atoms with Crippen molar-refractivity contribution in [2.75, 3.05) is 29.4 Å². The maximum Gasteiger partial charge on any atom is 0.259 e. The van der Waals surface area contributed by atoms with Gasteiger partial charge in [0, 0.05) is 36.1 Å². The van der Waals surface area contributed by atoms with Crippen molar-refractivity contribution in [2.24, 2.45) is 11.7 Å². The van der Waals surface area contributed by atoms with Crippen molar-refractivity contribution in [1.82, 2.24) is 15.0 Å². The van der Waals surface area contributed by atoms with Crippen LogP contribution < -0.4 is 15.5 Å². The number of nitrogens with two attached hydrogens (primary N) is 1. The summed E-state index contributed by atoms with van der Waals surface area (Å²) in [6.07, 6.45) is 4.50. The van der Waals surface area contributed by atoms with Crippen molar-refractivity contribution in [3.05, 3.63) is 66.0 Å². The molecule has 2 aliphatic rings. The fraction of sp³-hybridized carbons (Fsp3) is 0.321. The van der Waals surface area contributed by atoms with E-state index in [-0.39, 0.29) is 10.8 Å². The fourth-order valence-corrected chi connectivity index (χ4v) is 6.33. The summed E-state index contributed by atoms with van der Waals surface area (Å²) in [4.78, 5) is 30.2. The highest BCUT2D eigenvalue weighted by atomic mass is 32.2. The maximum absolute atomic E-state index is 13.4. The van der Waals surface area contributed by atoms with Crippen LogP contribution >= 0.6 is 0 Å². The molecule has 0 saturated carbocycles. The largest absolute Gasteiger partial charge is 0.371 e. The van der Waals surface area contributed by atoms with E-state index in [1.54, 1.807) is 55.4 Å². The monoisotopic (exact) mass is 530 g/mol. The van der Waals surface area contributed by atoms with Gasteiger partial charge in [-0.1, -0.05) is 12.1 Å². The van der Waals surface area contributed by atoms with Crippen LogP contribution in [0.15, 0.2) is 59.8 Å². The van der Waals surface area contributed by atoms with Gasteiger partial charge in [-0.3, -0.25) is 4.79 Å². The second-order valence-corrected chi connectivity index (χ2v) is 12.8. The molecular weight excluding hydrogens is 500 g/mol. The number of aromatic nitrogens is 3. The predicted molar refractivity (Wildman–Crippen MR) is 148 cm³/mol. The summed E-state index contributed by atoms with van der Waals surface area (Å²) in [5.41, 5.74) is 11.9. The van der Waals surface area contributed by atoms with E-state index in [4.69, 9.17) is 10.7 Å². The third kappa shape index (κ3) is 4.04. The number of aromatic amines is 1. The number of nitrogens with zero attached hydrogens (tertiary/aromatic N) is 4. The molecule has 196 valence electrons. The van der Waals surface area contributed by atoms with E-state index in [2.05, 4.69) is 20.9 Å². The third-order valence-electron chi connectivity index (χ3n) is 7.63. The lowest BCUT2D eigenvalue weighted by Gasteiger charge is -2.19. The van der Waals surface area contributed by atoms with Gasteiger partial charge in [0.2, 0.25) is 0 Å². The molecule has 0 unspecified atom stereocenters. The molecule has 0 spiro atoms. The maximum atomic E-state index is 13.4. The molecular formula is C28H30N6O3S. The fourth-order valence-electron chi connectivity index (χ4n) is 5.27. The zero-order chi connectivity index (χ0) is 26.6. The number of hydrogen-bond acceptors (Lipinski definition) is 7. The van der Waals surface area contributed by atoms with Crippen LogP contribution in [0.5, 0.6) is 0 Å². The molecule has 1 amide bonds. The number of carbonyl (C=O) groups is 1. The van der Waals surface area contributed by atoms with E-state index in [0.717, 1.165) is 36.3 Å². The van der Waals surface area contributed by atoms with Gasteiger partial charge in [-0.05, 0) is 68.6 Å². The Balaban J connectivity index is 1.29. The van der Waals surface area contributed by atoms with E-state index in [1.807, 2.05) is 12.1 Å². The minimum Gasteiger partial charge on any atom is -0.371 e. The minimum absolute atomic E-state index is 0.0656. The van der Waals surface area contributed by atoms with Gasteiger partial charge in [0.1, 0.15) is 5.52 Å².